The Kier molecular flexibility index (Phi) is 2.58. The van der Waals surface area contributed by atoms with Gasteiger partial charge in [-0.1, -0.05) is 27.7 Å². The number of hydrogen-bond donors (Lipinski definition) is 0. The van der Waals surface area contributed by atoms with Crippen LogP contribution in [0, 0.1) is 11.3 Å². The lowest BCUT2D eigenvalue weighted by Gasteiger charge is -2.40. The van der Waals surface area contributed by atoms with Crippen LogP contribution in [0.3, 0.4) is 0 Å². The van der Waals surface area contributed by atoms with Crippen LogP contribution in [0.15, 0.2) is 0 Å². The Morgan fingerprint density at radius 3 is 2.36 bits per heavy atom. The van der Waals surface area contributed by atoms with Crippen LogP contribution in [0.25, 0.3) is 0 Å². The molecule has 1 saturated heterocycles. The van der Waals surface area contributed by atoms with E-state index in [0.29, 0.717) is 17.4 Å². The Hall–Kier alpha value is -0.0400. The van der Waals surface area contributed by atoms with Gasteiger partial charge in [0.1, 0.15) is 0 Å². The van der Waals surface area contributed by atoms with Crippen molar-refractivity contribution in [1.82, 2.24) is 0 Å². The molecule has 1 aliphatic heterocycles. The second-order valence-electron chi connectivity index (χ2n) is 4.63. The predicted octanol–water partition coefficient (Wildman–Crippen LogP) is 2.85. The van der Waals surface area contributed by atoms with E-state index in [1.807, 2.05) is 0 Å². The Morgan fingerprint density at radius 1 is 1.36 bits per heavy atom. The Labute approximate surface area is 70.1 Å². The zero-order chi connectivity index (χ0) is 8.48. The van der Waals surface area contributed by atoms with E-state index in [-0.39, 0.29) is 0 Å². The third-order valence-corrected chi connectivity index (χ3v) is 2.64. The molecular formula is C10H20O. The molecule has 0 N–H and O–H groups in total. The smallest absolute Gasteiger partial charge is 0.0648 e. The zero-order valence-corrected chi connectivity index (χ0v) is 8.18. The largest absolute Gasteiger partial charge is 0.377 e. The van der Waals surface area contributed by atoms with Crippen LogP contribution >= 0.6 is 0 Å². The van der Waals surface area contributed by atoms with Crippen LogP contribution in [0.1, 0.15) is 40.5 Å². The lowest BCUT2D eigenvalue weighted by atomic mass is 9.76. The van der Waals surface area contributed by atoms with Crippen molar-refractivity contribution < 1.29 is 4.74 Å². The SMILES string of the molecule is CC(C)[C@@H]1OCCCC1(C)C. The molecule has 0 aliphatic carbocycles. The van der Waals surface area contributed by atoms with E-state index < -0.39 is 0 Å². The highest BCUT2D eigenvalue weighted by Gasteiger charge is 2.34. The molecule has 1 heterocycles. The quantitative estimate of drug-likeness (QED) is 0.567. The van der Waals surface area contributed by atoms with Gasteiger partial charge in [-0.25, -0.2) is 0 Å². The van der Waals surface area contributed by atoms with Crippen molar-refractivity contribution in [2.75, 3.05) is 6.61 Å². The molecule has 1 rings (SSSR count). The monoisotopic (exact) mass is 156 g/mol. The van der Waals surface area contributed by atoms with Crippen molar-refractivity contribution in [3.05, 3.63) is 0 Å². The molecule has 1 nitrogen and oxygen atoms in total. The predicted molar refractivity (Wildman–Crippen MR) is 47.6 cm³/mol. The van der Waals surface area contributed by atoms with Crippen LogP contribution in [-0.2, 0) is 4.74 Å². The van der Waals surface area contributed by atoms with Crippen LogP contribution in [0.5, 0.6) is 0 Å². The molecule has 0 amide bonds. The summed E-state index contributed by atoms with van der Waals surface area (Å²) in [6.45, 7) is 10.1. The number of hydrogen-bond acceptors (Lipinski definition) is 1. The first-order valence-electron chi connectivity index (χ1n) is 4.65. The van der Waals surface area contributed by atoms with E-state index >= 15 is 0 Å². The van der Waals surface area contributed by atoms with Crippen molar-refractivity contribution in [1.29, 1.82) is 0 Å². The maximum Gasteiger partial charge on any atom is 0.0648 e. The average Bonchev–Trinajstić information content (AvgIpc) is 1.85. The summed E-state index contributed by atoms with van der Waals surface area (Å²) in [6.07, 6.45) is 3.02. The number of ether oxygens (including phenoxy) is 1. The average molecular weight is 156 g/mol. The lowest BCUT2D eigenvalue weighted by Crippen LogP contribution is -2.40. The van der Waals surface area contributed by atoms with Gasteiger partial charge in [0, 0.05) is 6.61 Å². The van der Waals surface area contributed by atoms with Gasteiger partial charge < -0.3 is 4.74 Å². The first-order valence-corrected chi connectivity index (χ1v) is 4.65. The van der Waals surface area contributed by atoms with E-state index in [0.717, 1.165) is 6.61 Å². The second-order valence-corrected chi connectivity index (χ2v) is 4.63. The summed E-state index contributed by atoms with van der Waals surface area (Å²) in [6, 6.07) is 0. The Bertz CT molecular complexity index is 127. The minimum Gasteiger partial charge on any atom is -0.377 e. The molecule has 0 saturated carbocycles. The molecule has 1 fully saturated rings. The molecule has 1 aliphatic rings. The lowest BCUT2D eigenvalue weighted by molar-refractivity contribution is -0.0912. The van der Waals surface area contributed by atoms with E-state index in [1.165, 1.54) is 12.8 Å². The summed E-state index contributed by atoms with van der Waals surface area (Å²) >= 11 is 0. The fraction of sp³-hybridized carbons (Fsp3) is 1.00. The topological polar surface area (TPSA) is 9.23 Å². The Morgan fingerprint density at radius 2 is 2.00 bits per heavy atom. The Balaban J connectivity index is 2.60. The van der Waals surface area contributed by atoms with Crippen molar-refractivity contribution in [3.8, 4) is 0 Å². The minimum absolute atomic E-state index is 0.395. The van der Waals surface area contributed by atoms with Crippen molar-refractivity contribution in [2.45, 2.75) is 46.6 Å². The maximum absolute atomic E-state index is 5.75. The summed E-state index contributed by atoms with van der Waals surface area (Å²) in [5, 5.41) is 0. The van der Waals surface area contributed by atoms with Gasteiger partial charge in [0.25, 0.3) is 0 Å². The van der Waals surface area contributed by atoms with Gasteiger partial charge in [-0.15, -0.1) is 0 Å². The molecule has 0 spiro atoms. The highest BCUT2D eigenvalue weighted by molar-refractivity contribution is 4.84. The molecule has 0 bridgehead atoms. The highest BCUT2D eigenvalue weighted by atomic mass is 16.5. The molecular weight excluding hydrogens is 136 g/mol. The molecule has 1 heteroatoms. The summed E-state index contributed by atoms with van der Waals surface area (Å²) in [5.41, 5.74) is 0.395. The van der Waals surface area contributed by atoms with Crippen LogP contribution in [-0.4, -0.2) is 12.7 Å². The minimum atomic E-state index is 0.395. The fourth-order valence-corrected chi connectivity index (χ4v) is 2.20. The summed E-state index contributed by atoms with van der Waals surface area (Å²) in [7, 11) is 0. The van der Waals surface area contributed by atoms with Crippen LogP contribution < -0.4 is 0 Å². The van der Waals surface area contributed by atoms with Crippen LogP contribution in [0.4, 0.5) is 0 Å². The van der Waals surface area contributed by atoms with Gasteiger partial charge in [0.2, 0.25) is 0 Å². The standard InChI is InChI=1S/C10H20O/c1-8(2)9-10(3,4)6-5-7-11-9/h8-9H,5-7H2,1-4H3/t9-/m0/s1. The second kappa shape index (κ2) is 3.14. The molecule has 66 valence electrons. The summed E-state index contributed by atoms with van der Waals surface area (Å²) < 4.78 is 5.75. The van der Waals surface area contributed by atoms with Gasteiger partial charge in [0.15, 0.2) is 0 Å². The third-order valence-electron chi connectivity index (χ3n) is 2.64. The fourth-order valence-electron chi connectivity index (χ4n) is 2.20. The van der Waals surface area contributed by atoms with Crippen LogP contribution in [0.2, 0.25) is 0 Å². The molecule has 0 unspecified atom stereocenters. The summed E-state index contributed by atoms with van der Waals surface area (Å²) in [4.78, 5) is 0. The maximum atomic E-state index is 5.75. The van der Waals surface area contributed by atoms with E-state index in [2.05, 4.69) is 27.7 Å². The van der Waals surface area contributed by atoms with Gasteiger partial charge in [-0.2, -0.15) is 0 Å². The highest BCUT2D eigenvalue weighted by Crippen LogP contribution is 2.36. The van der Waals surface area contributed by atoms with E-state index in [4.69, 9.17) is 4.74 Å². The van der Waals surface area contributed by atoms with Gasteiger partial charge in [0.05, 0.1) is 6.10 Å². The molecule has 0 radical (unpaired) electrons. The van der Waals surface area contributed by atoms with Gasteiger partial charge >= 0.3 is 0 Å². The van der Waals surface area contributed by atoms with Crippen molar-refractivity contribution >= 4 is 0 Å². The first kappa shape index (κ1) is 9.05. The van der Waals surface area contributed by atoms with E-state index in [9.17, 15) is 0 Å². The van der Waals surface area contributed by atoms with Gasteiger partial charge in [-0.3, -0.25) is 0 Å². The first-order chi connectivity index (χ1) is 5.04. The van der Waals surface area contributed by atoms with E-state index in [1.54, 1.807) is 0 Å². The normalized spacial score (nSPS) is 30.8. The molecule has 1 atom stereocenters. The van der Waals surface area contributed by atoms with Crippen molar-refractivity contribution in [2.24, 2.45) is 11.3 Å². The molecule has 0 aromatic rings. The van der Waals surface area contributed by atoms with Crippen molar-refractivity contribution in [3.63, 3.8) is 0 Å². The summed E-state index contributed by atoms with van der Waals surface area (Å²) in [5.74, 6) is 0.658. The molecule has 0 aromatic carbocycles. The van der Waals surface area contributed by atoms with Gasteiger partial charge in [-0.05, 0) is 24.2 Å². The number of rotatable bonds is 1. The third kappa shape index (κ3) is 1.96. The molecule has 11 heavy (non-hydrogen) atoms. The molecule has 0 aromatic heterocycles. The zero-order valence-electron chi connectivity index (χ0n) is 8.18.